The van der Waals surface area contributed by atoms with Gasteiger partial charge in [-0.05, 0) is 38.2 Å². The summed E-state index contributed by atoms with van der Waals surface area (Å²) < 4.78 is 8.55. The molecule has 210 valence electrons. The summed E-state index contributed by atoms with van der Waals surface area (Å²) in [5, 5.41) is 11.2. The minimum Gasteiger partial charge on any atom is -0.394 e. The molecule has 0 spiro atoms. The summed E-state index contributed by atoms with van der Waals surface area (Å²) >= 11 is 0. The number of likely N-dealkylation sites (N-methyl/N-ethyl adjacent to an activating group) is 1. The van der Waals surface area contributed by atoms with Gasteiger partial charge < -0.3 is 29.1 Å². The molecule has 4 rings (SSSR count). The van der Waals surface area contributed by atoms with Crippen LogP contribution in [0.1, 0.15) is 36.3 Å². The minimum absolute atomic E-state index is 0.0600. The minimum atomic E-state index is -0.387. The molecule has 39 heavy (non-hydrogen) atoms. The van der Waals surface area contributed by atoms with Crippen molar-refractivity contribution in [1.29, 1.82) is 0 Å². The van der Waals surface area contributed by atoms with Crippen LogP contribution in [0.5, 0.6) is 0 Å². The van der Waals surface area contributed by atoms with Crippen molar-refractivity contribution in [2.45, 2.75) is 39.0 Å². The number of hydrogen-bond acceptors (Lipinski definition) is 5. The van der Waals surface area contributed by atoms with Crippen molar-refractivity contribution in [2.75, 3.05) is 47.4 Å². The van der Waals surface area contributed by atoms with E-state index in [1.165, 1.54) is 0 Å². The zero-order valence-electron chi connectivity index (χ0n) is 24.1. The largest absolute Gasteiger partial charge is 0.394 e. The number of benzene rings is 2. The van der Waals surface area contributed by atoms with Gasteiger partial charge in [-0.2, -0.15) is 0 Å². The summed E-state index contributed by atoms with van der Waals surface area (Å²) in [5.41, 5.74) is 4.41. The third-order valence-electron chi connectivity index (χ3n) is 7.88. The third-order valence-corrected chi connectivity index (χ3v) is 7.88. The van der Waals surface area contributed by atoms with Gasteiger partial charge in [-0.3, -0.25) is 9.59 Å². The first-order valence-electron chi connectivity index (χ1n) is 13.7. The molecular formula is C31H42N4O4. The Morgan fingerprint density at radius 2 is 1.82 bits per heavy atom. The number of hydrogen-bond donors (Lipinski definition) is 1. The Morgan fingerprint density at radius 3 is 2.54 bits per heavy atom. The molecule has 3 atom stereocenters. The number of aliphatic hydroxyl groups excluding tert-OH is 1. The molecule has 1 aliphatic rings. The number of aliphatic hydroxyl groups is 1. The van der Waals surface area contributed by atoms with Crippen LogP contribution in [-0.2, 0) is 23.2 Å². The van der Waals surface area contributed by atoms with E-state index in [1.54, 1.807) is 9.80 Å². The van der Waals surface area contributed by atoms with Gasteiger partial charge in [0.1, 0.15) is 5.69 Å². The van der Waals surface area contributed by atoms with Gasteiger partial charge in [0.15, 0.2) is 0 Å². The Kier molecular flexibility index (Phi) is 9.10. The van der Waals surface area contributed by atoms with Gasteiger partial charge in [0, 0.05) is 62.5 Å². The van der Waals surface area contributed by atoms with Crippen LogP contribution in [-0.4, -0.2) is 95.7 Å². The van der Waals surface area contributed by atoms with Gasteiger partial charge >= 0.3 is 0 Å². The first kappa shape index (κ1) is 28.8. The fraction of sp³-hybridized carbons (Fsp3) is 0.484. The molecule has 0 aliphatic carbocycles. The fourth-order valence-electron chi connectivity index (χ4n) is 5.41. The Hall–Kier alpha value is -3.20. The third kappa shape index (κ3) is 6.03. The first-order chi connectivity index (χ1) is 18.6. The van der Waals surface area contributed by atoms with Gasteiger partial charge in [-0.1, -0.05) is 49.4 Å². The molecule has 0 bridgehead atoms. The van der Waals surface area contributed by atoms with Crippen molar-refractivity contribution in [2.24, 2.45) is 13.0 Å². The highest BCUT2D eigenvalue weighted by Gasteiger charge is 2.33. The second-order valence-electron chi connectivity index (χ2n) is 11.1. The van der Waals surface area contributed by atoms with E-state index < -0.39 is 0 Å². The summed E-state index contributed by atoms with van der Waals surface area (Å²) in [5.74, 6) is -0.150. The van der Waals surface area contributed by atoms with Crippen molar-refractivity contribution < 1.29 is 19.4 Å². The van der Waals surface area contributed by atoms with E-state index in [0.717, 1.165) is 27.6 Å². The average Bonchev–Trinajstić information content (AvgIpc) is 3.22. The van der Waals surface area contributed by atoms with E-state index in [1.807, 2.05) is 87.0 Å². The summed E-state index contributed by atoms with van der Waals surface area (Å²) in [6, 6.07) is 15.7. The lowest BCUT2D eigenvalue weighted by Gasteiger charge is -2.35. The fourth-order valence-corrected chi connectivity index (χ4v) is 5.41. The smallest absolute Gasteiger partial charge is 0.271 e. The quantitative estimate of drug-likeness (QED) is 0.501. The second-order valence-corrected chi connectivity index (χ2v) is 11.1. The zero-order valence-corrected chi connectivity index (χ0v) is 24.1. The zero-order chi connectivity index (χ0) is 28.3. The van der Waals surface area contributed by atoms with Gasteiger partial charge in [-0.25, -0.2) is 0 Å². The Morgan fingerprint density at radius 1 is 1.13 bits per heavy atom. The number of fused-ring (bicyclic) bond motifs is 5. The van der Waals surface area contributed by atoms with Crippen molar-refractivity contribution >= 4 is 22.7 Å². The molecule has 2 heterocycles. The number of carbonyl (C=O) groups excluding carboxylic acids is 2. The van der Waals surface area contributed by atoms with Gasteiger partial charge in [0.2, 0.25) is 5.91 Å². The molecular weight excluding hydrogens is 492 g/mol. The maximum absolute atomic E-state index is 14.4. The lowest BCUT2D eigenvalue weighted by Crippen LogP contribution is -2.48. The van der Waals surface area contributed by atoms with E-state index >= 15 is 0 Å². The monoisotopic (exact) mass is 534 g/mol. The van der Waals surface area contributed by atoms with Crippen LogP contribution in [0.3, 0.4) is 0 Å². The molecule has 0 fully saturated rings. The molecule has 0 saturated carbocycles. The van der Waals surface area contributed by atoms with Crippen LogP contribution in [0, 0.1) is 5.92 Å². The maximum Gasteiger partial charge on any atom is 0.271 e. The topological polar surface area (TPSA) is 78.2 Å². The predicted octanol–water partition coefficient (Wildman–Crippen LogP) is 3.61. The highest BCUT2D eigenvalue weighted by atomic mass is 16.5. The van der Waals surface area contributed by atoms with Crippen LogP contribution in [0.25, 0.3) is 22.0 Å². The van der Waals surface area contributed by atoms with Crippen molar-refractivity contribution in [3.8, 4) is 11.1 Å². The molecule has 0 radical (unpaired) electrons. The van der Waals surface area contributed by atoms with E-state index in [9.17, 15) is 14.7 Å². The van der Waals surface area contributed by atoms with Gasteiger partial charge in [-0.15, -0.1) is 0 Å². The number of amides is 2. The molecule has 0 unspecified atom stereocenters. The van der Waals surface area contributed by atoms with Crippen LogP contribution in [0.4, 0.5) is 0 Å². The van der Waals surface area contributed by atoms with Crippen LogP contribution < -0.4 is 0 Å². The highest BCUT2D eigenvalue weighted by molar-refractivity contribution is 6.10. The number of aryl methyl sites for hydroxylation is 1. The van der Waals surface area contributed by atoms with E-state index in [-0.39, 0.29) is 36.5 Å². The Bertz CT molecular complexity index is 1320. The molecule has 2 aromatic carbocycles. The van der Waals surface area contributed by atoms with Crippen LogP contribution in [0.15, 0.2) is 48.5 Å². The van der Waals surface area contributed by atoms with E-state index in [0.29, 0.717) is 38.4 Å². The van der Waals surface area contributed by atoms with Gasteiger partial charge in [0.05, 0.1) is 25.4 Å². The predicted molar refractivity (Wildman–Crippen MR) is 154 cm³/mol. The van der Waals surface area contributed by atoms with Gasteiger partial charge in [0.25, 0.3) is 5.91 Å². The second kappa shape index (κ2) is 12.3. The number of carbonyl (C=O) groups is 2. The van der Waals surface area contributed by atoms with Crippen molar-refractivity contribution in [3.05, 3.63) is 59.8 Å². The van der Waals surface area contributed by atoms with Crippen LogP contribution >= 0.6 is 0 Å². The molecule has 1 aliphatic heterocycles. The highest BCUT2D eigenvalue weighted by Crippen LogP contribution is 2.38. The number of para-hydroxylation sites is 1. The van der Waals surface area contributed by atoms with Crippen molar-refractivity contribution in [3.63, 3.8) is 0 Å². The van der Waals surface area contributed by atoms with E-state index in [2.05, 4.69) is 13.0 Å². The lowest BCUT2D eigenvalue weighted by atomic mass is 9.96. The first-order valence-corrected chi connectivity index (χ1v) is 13.7. The molecule has 1 N–H and O–H groups in total. The molecule has 0 saturated heterocycles. The summed E-state index contributed by atoms with van der Waals surface area (Å²) in [4.78, 5) is 32.7. The van der Waals surface area contributed by atoms with Crippen molar-refractivity contribution in [1.82, 2.24) is 19.3 Å². The molecule has 8 heteroatoms. The maximum atomic E-state index is 14.4. The summed E-state index contributed by atoms with van der Waals surface area (Å²) in [7, 11) is 7.65. The summed E-state index contributed by atoms with van der Waals surface area (Å²) in [6.07, 6.45) is 0.132. The SMILES string of the molecule is C[C@@H]1CN([C@H](C)CO)C(=O)c2c(c3ccccc3n2C)-c2ccccc2CO[C@H]1CN(C)C(=O)CCN(C)C. The number of rotatable bonds is 7. The van der Waals surface area contributed by atoms with Crippen LogP contribution in [0.2, 0.25) is 0 Å². The summed E-state index contributed by atoms with van der Waals surface area (Å²) in [6.45, 7) is 5.62. The molecule has 8 nitrogen and oxygen atoms in total. The van der Waals surface area contributed by atoms with E-state index in [4.69, 9.17) is 4.74 Å². The molecule has 1 aromatic heterocycles. The molecule has 3 aromatic rings. The Balaban J connectivity index is 1.80. The lowest BCUT2D eigenvalue weighted by molar-refractivity contribution is -0.133. The number of ether oxygens (including phenoxy) is 1. The standard InChI is InChI=1S/C31H42N4O4/c1-21-17-35(22(2)19-36)31(38)30-29(25-13-9-10-14-26(25)34(30)6)24-12-8-7-11-23(24)20-39-27(21)18-33(5)28(37)15-16-32(3)4/h7-14,21-22,27,36H,15-20H2,1-6H3/t21-,22-,27+/m1/s1. The average molecular weight is 535 g/mol. The normalized spacial score (nSPS) is 19.0. The number of aromatic nitrogens is 1. The number of nitrogens with zero attached hydrogens (tertiary/aromatic N) is 4. The molecule has 2 amide bonds. The Labute approximate surface area is 231 Å².